The Morgan fingerprint density at radius 2 is 0.582 bits per heavy atom. The molecule has 6 aromatic heterocycles. The quantitative estimate of drug-likeness (QED) is 0.113. The van der Waals surface area contributed by atoms with E-state index in [9.17, 15) is 0 Å². The van der Waals surface area contributed by atoms with Crippen molar-refractivity contribution in [1.82, 2.24) is 28.7 Å². The molecule has 0 saturated heterocycles. The summed E-state index contributed by atoms with van der Waals surface area (Å²) in [7, 11) is 0. The van der Waals surface area contributed by atoms with Gasteiger partial charge < -0.3 is 27.0 Å². The van der Waals surface area contributed by atoms with Gasteiger partial charge in [0.15, 0.2) is 0 Å². The van der Waals surface area contributed by atoms with Crippen molar-refractivity contribution >= 4 is 65.8 Å². The third-order valence-electron chi connectivity index (χ3n) is 17.2. The Kier molecular flexibility index (Phi) is 17.6. The van der Waals surface area contributed by atoms with Gasteiger partial charge in [-0.15, -0.1) is 108 Å². The molecule has 10 heteroatoms. The number of hydrogen-bond acceptors (Lipinski definition) is 6. The van der Waals surface area contributed by atoms with Crippen LogP contribution in [0, 0.1) is 18.2 Å². The number of para-hydroxylation sites is 3. The molecule has 0 atom stereocenters. The molecule has 0 fully saturated rings. The second-order valence-corrected chi connectivity index (χ2v) is 25.2. The van der Waals surface area contributed by atoms with Gasteiger partial charge in [-0.2, -0.15) is 0 Å². The van der Waals surface area contributed by atoms with Gasteiger partial charge in [-0.1, -0.05) is 138 Å². The van der Waals surface area contributed by atoms with Crippen LogP contribution in [0.4, 0.5) is 0 Å². The molecular weight excluding hydrogens is 1300 g/mol. The van der Waals surface area contributed by atoms with Gasteiger partial charge in [-0.3, -0.25) is 15.0 Å². The summed E-state index contributed by atoms with van der Waals surface area (Å²) < 4.78 is 25.9. The third-order valence-corrected chi connectivity index (χ3v) is 17.2. The normalized spacial score (nSPS) is 11.8. The molecule has 0 aliphatic heterocycles. The molecule has 0 aliphatic rings. The fraction of sp³-hybridized carbons (Fsp3) is 0.222. The number of imidazole rings is 3. The van der Waals surface area contributed by atoms with Crippen molar-refractivity contribution in [3.8, 4) is 51.2 Å². The van der Waals surface area contributed by atoms with E-state index in [4.69, 9.17) is 13.3 Å². The molecule has 9 nitrogen and oxygen atoms in total. The zero-order valence-corrected chi connectivity index (χ0v) is 56.2. The van der Waals surface area contributed by atoms with E-state index < -0.39 is 0 Å². The predicted molar refractivity (Wildman–Crippen MR) is 370 cm³/mol. The molecule has 0 bridgehead atoms. The average Bonchev–Trinajstić information content (AvgIpc) is 1.66. The summed E-state index contributed by atoms with van der Waals surface area (Å²) in [5.74, 6) is 4.62. The van der Waals surface area contributed by atoms with E-state index in [1.165, 1.54) is 82.8 Å². The first-order chi connectivity index (χ1) is 43.7. The van der Waals surface area contributed by atoms with Gasteiger partial charge >= 0.3 is 20.1 Å². The summed E-state index contributed by atoms with van der Waals surface area (Å²) in [6.07, 6.45) is 11.8. The molecule has 15 rings (SSSR count). The van der Waals surface area contributed by atoms with E-state index in [-0.39, 0.29) is 37.9 Å². The smallest absolute Gasteiger partial charge is 0.456 e. The number of fused-ring (bicyclic) bond motifs is 9. The maximum Gasteiger partial charge on any atom is 3.00 e. The second kappa shape index (κ2) is 25.9. The van der Waals surface area contributed by atoms with Crippen LogP contribution in [0.2, 0.25) is 0 Å². The molecule has 0 radical (unpaired) electrons. The minimum absolute atomic E-state index is 0. The van der Waals surface area contributed by atoms with Crippen LogP contribution in [0.1, 0.15) is 152 Å². The minimum atomic E-state index is 0. The Morgan fingerprint density at radius 3 is 0.824 bits per heavy atom. The van der Waals surface area contributed by atoms with E-state index in [0.717, 1.165) is 67.7 Å². The monoisotopic (exact) mass is 1370 g/mol. The van der Waals surface area contributed by atoms with E-state index in [1.54, 1.807) is 0 Å². The van der Waals surface area contributed by atoms with E-state index in [2.05, 4.69) is 240 Å². The summed E-state index contributed by atoms with van der Waals surface area (Å²) in [5.41, 5.74) is 19.8. The SMILES string of the molecule is CC(C)c1cc2c(oc3ccccc32)c(C(C)C)c1-n1ccnc1-c1[c-]cccc1.CC(C)c1cc2c(oc3ccccc32)c(C(C)C)c1-n1ccnc1-c1[c-]cccc1.CC(C)c1cc2c(oc3ccccc32)c(C(C)C)c1-n1ccnc1-c1[c-]cccc1.[Ir+3]. The summed E-state index contributed by atoms with van der Waals surface area (Å²) >= 11 is 0. The van der Waals surface area contributed by atoms with E-state index in [0.29, 0.717) is 17.8 Å². The molecule has 91 heavy (non-hydrogen) atoms. The number of furan rings is 3. The zero-order valence-electron chi connectivity index (χ0n) is 53.8. The molecule has 15 aromatic rings. The van der Waals surface area contributed by atoms with Crippen molar-refractivity contribution in [3.63, 3.8) is 0 Å². The Morgan fingerprint density at radius 1 is 0.319 bits per heavy atom. The first-order valence-electron chi connectivity index (χ1n) is 31.6. The van der Waals surface area contributed by atoms with Crippen molar-refractivity contribution < 1.29 is 33.4 Å². The van der Waals surface area contributed by atoms with Crippen molar-refractivity contribution in [2.75, 3.05) is 0 Å². The molecule has 0 amide bonds. The van der Waals surface area contributed by atoms with Crippen LogP contribution >= 0.6 is 0 Å². The third kappa shape index (κ3) is 11.4. The van der Waals surface area contributed by atoms with Crippen molar-refractivity contribution in [2.24, 2.45) is 0 Å². The molecule has 0 saturated carbocycles. The molecule has 0 spiro atoms. The molecule has 9 aromatic carbocycles. The first-order valence-corrected chi connectivity index (χ1v) is 31.6. The van der Waals surface area contributed by atoms with Gasteiger partial charge in [-0.05, 0) is 88.6 Å². The largest absolute Gasteiger partial charge is 3.00 e. The fourth-order valence-electron chi connectivity index (χ4n) is 13.1. The summed E-state index contributed by atoms with van der Waals surface area (Å²) in [4.78, 5) is 14.1. The Hall–Kier alpha value is -9.34. The standard InChI is InChI=1S/3C27H25N2O.Ir/c3*1-17(2)21-16-22-20-12-8-9-13-23(20)30-26(22)24(18(3)4)25(21)29-15-14-28-27(29)19-10-6-5-7-11-19;/h3*5-10,12-18H,1-4H3;/q3*-1;+3. The van der Waals surface area contributed by atoms with E-state index >= 15 is 0 Å². The number of aromatic nitrogens is 6. The average molecular weight is 1370 g/mol. The van der Waals surface area contributed by atoms with Crippen molar-refractivity contribution in [1.29, 1.82) is 0 Å². The Labute approximate surface area is 546 Å². The first kappa shape index (κ1) is 61.9. The molecule has 456 valence electrons. The van der Waals surface area contributed by atoms with Gasteiger partial charge in [0.25, 0.3) is 0 Å². The van der Waals surface area contributed by atoms with E-state index in [1.807, 2.05) is 91.4 Å². The minimum Gasteiger partial charge on any atom is -0.456 e. The van der Waals surface area contributed by atoms with Crippen LogP contribution in [0.25, 0.3) is 117 Å². The van der Waals surface area contributed by atoms with Crippen LogP contribution in [-0.4, -0.2) is 28.7 Å². The van der Waals surface area contributed by atoms with Gasteiger partial charge in [0.2, 0.25) is 0 Å². The topological polar surface area (TPSA) is 92.9 Å². The summed E-state index contributed by atoms with van der Waals surface area (Å²) in [6, 6.07) is 65.9. The number of hydrogen-bond donors (Lipinski definition) is 0. The summed E-state index contributed by atoms with van der Waals surface area (Å²) in [6.45, 7) is 26.9. The van der Waals surface area contributed by atoms with Crippen LogP contribution in [0.15, 0.2) is 214 Å². The molecule has 0 aliphatic carbocycles. The van der Waals surface area contributed by atoms with Gasteiger partial charge in [0, 0.05) is 103 Å². The van der Waals surface area contributed by atoms with Crippen molar-refractivity contribution in [2.45, 2.75) is 119 Å². The fourth-order valence-corrected chi connectivity index (χ4v) is 13.1. The number of nitrogens with zero attached hydrogens (tertiary/aromatic N) is 6. The van der Waals surface area contributed by atoms with Gasteiger partial charge in [-0.25, -0.2) is 0 Å². The maximum atomic E-state index is 6.42. The van der Waals surface area contributed by atoms with Crippen LogP contribution in [-0.2, 0) is 20.1 Å². The molecule has 0 N–H and O–H groups in total. The zero-order chi connectivity index (χ0) is 62.5. The molecular formula is C81H75IrN6O3. The van der Waals surface area contributed by atoms with Crippen LogP contribution < -0.4 is 0 Å². The van der Waals surface area contributed by atoms with Gasteiger partial charge in [0.05, 0.1) is 17.5 Å². The van der Waals surface area contributed by atoms with Crippen LogP contribution in [0.5, 0.6) is 0 Å². The predicted octanol–water partition coefficient (Wildman–Crippen LogP) is 22.5. The molecule has 6 heterocycles. The number of benzene rings is 9. The van der Waals surface area contributed by atoms with Crippen molar-refractivity contribution in [3.05, 3.63) is 253 Å². The Bertz CT molecular complexity index is 4530. The number of rotatable bonds is 12. The summed E-state index contributed by atoms with van der Waals surface area (Å²) in [5, 5.41) is 7.08. The second-order valence-electron chi connectivity index (χ2n) is 25.2. The van der Waals surface area contributed by atoms with Crippen LogP contribution in [0.3, 0.4) is 0 Å². The molecule has 0 unspecified atom stereocenters. The maximum absolute atomic E-state index is 6.42. The Balaban J connectivity index is 0.000000131. The van der Waals surface area contributed by atoms with Gasteiger partial charge in [0.1, 0.15) is 33.5 Å².